The molecule has 1 saturated heterocycles. The van der Waals surface area contributed by atoms with Gasteiger partial charge in [0.1, 0.15) is 12.4 Å². The summed E-state index contributed by atoms with van der Waals surface area (Å²) in [5.74, 6) is 1.93. The van der Waals surface area contributed by atoms with Crippen molar-refractivity contribution in [3.05, 3.63) is 65.3 Å². The smallest absolute Gasteiger partial charge is 0.408 e. The molecule has 1 aliphatic carbocycles. The lowest BCUT2D eigenvalue weighted by Gasteiger charge is -2.38. The molecule has 2 fully saturated rings. The maximum atomic E-state index is 13.3. The second-order valence-electron chi connectivity index (χ2n) is 12.2. The van der Waals surface area contributed by atoms with Crippen molar-refractivity contribution in [1.29, 1.82) is 5.41 Å². The van der Waals surface area contributed by atoms with Gasteiger partial charge in [-0.25, -0.2) is 9.78 Å². The van der Waals surface area contributed by atoms with Crippen LogP contribution in [-0.4, -0.2) is 40.9 Å². The van der Waals surface area contributed by atoms with Gasteiger partial charge in [0.05, 0.1) is 24.6 Å². The molecular formula is C33H50FN5O3. The monoisotopic (exact) mass is 583 g/mol. The van der Waals surface area contributed by atoms with Gasteiger partial charge in [-0.15, -0.1) is 0 Å². The van der Waals surface area contributed by atoms with E-state index in [9.17, 15) is 14.0 Å². The number of aryl methyl sites for hydroxylation is 1. The van der Waals surface area contributed by atoms with Crippen molar-refractivity contribution in [3.63, 3.8) is 0 Å². The minimum absolute atomic E-state index is 0.210. The predicted octanol–water partition coefficient (Wildman–Crippen LogP) is 7.38. The van der Waals surface area contributed by atoms with Crippen molar-refractivity contribution >= 4 is 17.7 Å². The van der Waals surface area contributed by atoms with E-state index >= 15 is 0 Å². The van der Waals surface area contributed by atoms with E-state index < -0.39 is 6.09 Å². The summed E-state index contributed by atoms with van der Waals surface area (Å²) >= 11 is 0. The van der Waals surface area contributed by atoms with Crippen LogP contribution in [0.15, 0.2) is 48.2 Å². The van der Waals surface area contributed by atoms with Crippen molar-refractivity contribution in [2.75, 3.05) is 13.2 Å². The Balaban J connectivity index is 0.000000335. The number of carbonyl (C=O) groups is 2. The van der Waals surface area contributed by atoms with Crippen molar-refractivity contribution in [3.8, 4) is 0 Å². The van der Waals surface area contributed by atoms with Gasteiger partial charge in [-0.05, 0) is 88.7 Å². The van der Waals surface area contributed by atoms with Crippen LogP contribution in [0.5, 0.6) is 0 Å². The number of amides is 2. The number of aromatic amines is 1. The molecule has 2 aromatic rings. The molecule has 2 amide bonds. The van der Waals surface area contributed by atoms with Crippen molar-refractivity contribution in [2.24, 2.45) is 17.3 Å². The average molecular weight is 584 g/mol. The number of halogens is 1. The maximum absolute atomic E-state index is 13.3. The molecule has 4 rings (SSSR count). The number of imidazole rings is 1. The minimum Gasteiger partial charge on any atom is -0.445 e. The van der Waals surface area contributed by atoms with E-state index in [1.807, 2.05) is 64.1 Å². The van der Waals surface area contributed by atoms with Crippen LogP contribution in [-0.2, 0) is 16.1 Å². The van der Waals surface area contributed by atoms with E-state index in [1.54, 1.807) is 13.1 Å². The highest BCUT2D eigenvalue weighted by Crippen LogP contribution is 2.43. The fourth-order valence-electron chi connectivity index (χ4n) is 5.03. The van der Waals surface area contributed by atoms with E-state index in [2.05, 4.69) is 27.5 Å². The normalized spacial score (nSPS) is 22.1. The third-order valence-corrected chi connectivity index (χ3v) is 7.59. The Labute approximate surface area is 250 Å². The highest BCUT2D eigenvalue weighted by Gasteiger charge is 2.36. The Bertz CT molecular complexity index is 1140. The Morgan fingerprint density at radius 2 is 1.88 bits per heavy atom. The Morgan fingerprint density at radius 3 is 2.33 bits per heavy atom. The fraction of sp³-hybridized carbons (Fsp3) is 0.576. The summed E-state index contributed by atoms with van der Waals surface area (Å²) in [5, 5.41) is 12.7. The molecule has 2 unspecified atom stereocenters. The molecule has 4 N–H and O–H groups in total. The van der Waals surface area contributed by atoms with Gasteiger partial charge in [0.25, 0.3) is 0 Å². The molecular weight excluding hydrogens is 533 g/mol. The number of hydrogen-bond donors (Lipinski definition) is 4. The van der Waals surface area contributed by atoms with E-state index in [-0.39, 0.29) is 36.6 Å². The van der Waals surface area contributed by atoms with E-state index in [0.717, 1.165) is 62.2 Å². The van der Waals surface area contributed by atoms with Gasteiger partial charge in [-0.1, -0.05) is 49.8 Å². The first-order valence-electron chi connectivity index (χ1n) is 14.9. The summed E-state index contributed by atoms with van der Waals surface area (Å²) in [6.07, 6.45) is 8.30. The number of hydrogen-bond acceptors (Lipinski definition) is 5. The molecule has 9 heteroatoms. The molecule has 1 aliphatic heterocycles. The number of rotatable bonds is 7. The zero-order chi connectivity index (χ0) is 31.1. The van der Waals surface area contributed by atoms with Crippen LogP contribution in [0, 0.1) is 29.6 Å². The van der Waals surface area contributed by atoms with Crippen molar-refractivity contribution in [2.45, 2.75) is 92.7 Å². The minimum atomic E-state index is -0.449. The molecule has 42 heavy (non-hydrogen) atoms. The predicted molar refractivity (Wildman–Crippen MR) is 166 cm³/mol. The summed E-state index contributed by atoms with van der Waals surface area (Å²) < 4.78 is 18.7. The fourth-order valence-corrected chi connectivity index (χ4v) is 5.03. The lowest BCUT2D eigenvalue weighted by Crippen LogP contribution is -2.37. The van der Waals surface area contributed by atoms with Gasteiger partial charge in [-0.3, -0.25) is 9.18 Å². The quantitative estimate of drug-likeness (QED) is 0.254. The van der Waals surface area contributed by atoms with Crippen molar-refractivity contribution < 1.29 is 18.7 Å². The number of alkyl halides is 1. The highest BCUT2D eigenvalue weighted by atomic mass is 19.1. The summed E-state index contributed by atoms with van der Waals surface area (Å²) in [6, 6.07) is 9.38. The number of ether oxygens (including phenoxy) is 1. The second-order valence-corrected chi connectivity index (χ2v) is 12.2. The van der Waals surface area contributed by atoms with E-state index in [4.69, 9.17) is 10.1 Å². The van der Waals surface area contributed by atoms with Gasteiger partial charge >= 0.3 is 6.09 Å². The summed E-state index contributed by atoms with van der Waals surface area (Å²) in [5.41, 5.74) is 3.39. The summed E-state index contributed by atoms with van der Waals surface area (Å²) in [4.78, 5) is 30.4. The first kappa shape index (κ1) is 34.7. The zero-order valence-corrected chi connectivity index (χ0v) is 26.2. The highest BCUT2D eigenvalue weighted by molar-refractivity contribution is 5.90. The number of nitrogens with one attached hydrogen (secondary N) is 4. The van der Waals surface area contributed by atoms with Crippen LogP contribution in [0.4, 0.5) is 9.18 Å². The van der Waals surface area contributed by atoms with Gasteiger partial charge in [0, 0.05) is 18.7 Å². The molecule has 232 valence electrons. The number of allylic oxidation sites excluding steroid dienone is 2. The molecule has 1 saturated carbocycles. The number of aromatic nitrogens is 2. The molecule has 0 radical (unpaired) electrons. The zero-order valence-electron chi connectivity index (χ0n) is 26.2. The largest absolute Gasteiger partial charge is 0.445 e. The Hall–Kier alpha value is -3.49. The first-order valence-corrected chi connectivity index (χ1v) is 14.9. The molecule has 2 aliphatic rings. The average Bonchev–Trinajstić information content (AvgIpc) is 3.39. The molecule has 1 aromatic heterocycles. The van der Waals surface area contributed by atoms with Gasteiger partial charge in [0.15, 0.2) is 0 Å². The molecule has 2 heterocycles. The van der Waals surface area contributed by atoms with Crippen molar-refractivity contribution in [1.82, 2.24) is 20.6 Å². The molecule has 8 nitrogen and oxygen atoms in total. The molecule has 2 atom stereocenters. The number of benzene rings is 1. The van der Waals surface area contributed by atoms with Crippen LogP contribution in [0.25, 0.3) is 0 Å². The number of alkyl carbamates (subject to hydrolysis) is 1. The number of piperidine rings is 1. The maximum Gasteiger partial charge on any atom is 0.408 e. The van der Waals surface area contributed by atoms with Gasteiger partial charge < -0.3 is 25.8 Å². The third-order valence-electron chi connectivity index (χ3n) is 7.59. The van der Waals surface area contributed by atoms with Crippen LogP contribution in [0.1, 0.15) is 96.3 Å². The standard InChI is InChI=1S/C21H28FN3O2.C6H11NO.C6H11N/c1-15-23-12-18(24-15)19(17-8-10-21(2,14-22)11-9-17)25-20(26)27-13-16-6-4-3-5-7-16;1-5-2-3-6(8)7-4-5;1-5(2)4-6(3)7/h3-7,12,17,19H,8-11,13-14H2,1-2H3,(H,23,24)(H,25,26);5H,2-4H2,1H3,(H,7,8);4,7H,1-3H3. The Morgan fingerprint density at radius 1 is 1.21 bits per heavy atom. The molecule has 1 aromatic carbocycles. The van der Waals surface area contributed by atoms with Gasteiger partial charge in [-0.2, -0.15) is 0 Å². The topological polar surface area (TPSA) is 120 Å². The molecule has 0 bridgehead atoms. The van der Waals surface area contributed by atoms with E-state index in [0.29, 0.717) is 11.6 Å². The SMILES string of the molecule is CC(=N)C=C(C)C.CC1CCC(=O)NC1.Cc1ncc(C(NC(=O)OCc2ccccc2)C2CCC(C)(CF)CC2)[nH]1. The summed E-state index contributed by atoms with van der Waals surface area (Å²) in [6.45, 7) is 12.6. The van der Waals surface area contributed by atoms with E-state index in [1.165, 1.54) is 5.57 Å². The molecule has 0 spiro atoms. The first-order chi connectivity index (χ1) is 19.9. The number of nitrogens with zero attached hydrogens (tertiary/aromatic N) is 1. The summed E-state index contributed by atoms with van der Waals surface area (Å²) in [7, 11) is 0. The Kier molecular flexibility index (Phi) is 14.4. The number of carbonyl (C=O) groups excluding carboxylic acids is 2. The van der Waals surface area contributed by atoms with Crippen LogP contribution < -0.4 is 10.6 Å². The lowest BCUT2D eigenvalue weighted by molar-refractivity contribution is -0.122. The second kappa shape index (κ2) is 17.5. The van der Waals surface area contributed by atoms with Crippen LogP contribution in [0.3, 0.4) is 0 Å². The third kappa shape index (κ3) is 13.0. The van der Waals surface area contributed by atoms with Crippen LogP contribution >= 0.6 is 0 Å². The lowest BCUT2D eigenvalue weighted by atomic mass is 9.70. The van der Waals surface area contributed by atoms with Gasteiger partial charge in [0.2, 0.25) is 5.91 Å². The number of H-pyrrole nitrogens is 1. The van der Waals surface area contributed by atoms with Crippen LogP contribution in [0.2, 0.25) is 0 Å².